The van der Waals surface area contributed by atoms with Crippen molar-refractivity contribution in [1.29, 1.82) is 0 Å². The van der Waals surface area contributed by atoms with E-state index in [1.165, 1.54) is 0 Å². The average molecular weight is 166 g/mol. The minimum atomic E-state index is -0.981. The molecule has 8 N–H and O–H groups in total. The van der Waals surface area contributed by atoms with Gasteiger partial charge in [-0.1, -0.05) is 6.58 Å². The Morgan fingerprint density at radius 2 is 1.36 bits per heavy atom. The predicted octanol–water partition coefficient (Wildman–Crippen LogP) is 0.672. The third kappa shape index (κ3) is 1040. The molecule has 0 atom stereocenters. The molecule has 0 fully saturated rings. The molecule has 0 saturated heterocycles. The van der Waals surface area contributed by atoms with E-state index in [0.29, 0.717) is 0 Å². The summed E-state index contributed by atoms with van der Waals surface area (Å²) in [4.78, 5) is 18.2. The van der Waals surface area contributed by atoms with E-state index < -0.39 is 11.9 Å². The van der Waals surface area contributed by atoms with E-state index in [0.717, 1.165) is 13.0 Å². The van der Waals surface area contributed by atoms with Crippen molar-refractivity contribution < 1.29 is 19.8 Å². The molecule has 0 aromatic carbocycles. The maximum absolute atomic E-state index is 9.25. The van der Waals surface area contributed by atoms with Gasteiger partial charge in [-0.05, 0) is 0 Å². The standard InChI is InChI=1S/C3H4O2.C2H4O2.2H3N/c1-2-3(4)5;1-2(3)4;;/h2H,1H2,(H,4,5);1H3,(H,3,4);2*1H3. The largest absolute Gasteiger partial charge is 0.481 e. The van der Waals surface area contributed by atoms with Gasteiger partial charge in [0.2, 0.25) is 0 Å². The summed E-state index contributed by atoms with van der Waals surface area (Å²) in [5.41, 5.74) is 0. The van der Waals surface area contributed by atoms with Crippen LogP contribution < -0.4 is 12.3 Å². The fraction of sp³-hybridized carbons (Fsp3) is 0.200. The van der Waals surface area contributed by atoms with E-state index in [9.17, 15) is 4.79 Å². The van der Waals surface area contributed by atoms with Gasteiger partial charge < -0.3 is 22.5 Å². The van der Waals surface area contributed by atoms with Crippen molar-refractivity contribution in [3.8, 4) is 0 Å². The second-order valence-corrected chi connectivity index (χ2v) is 1.06. The molecule has 0 rings (SSSR count). The van der Waals surface area contributed by atoms with Crippen LogP contribution in [-0.4, -0.2) is 22.2 Å². The molecule has 6 heteroatoms. The lowest BCUT2D eigenvalue weighted by Gasteiger charge is -1.64. The third-order valence-electron chi connectivity index (χ3n) is 0.175. The lowest BCUT2D eigenvalue weighted by Crippen LogP contribution is -1.82. The Morgan fingerprint density at radius 1 is 1.27 bits per heavy atom. The minimum Gasteiger partial charge on any atom is -0.481 e. The Labute approximate surface area is 64.7 Å². The second kappa shape index (κ2) is 15.8. The summed E-state index contributed by atoms with van der Waals surface area (Å²) in [5.74, 6) is -1.81. The molecule has 0 aromatic rings. The molecule has 0 aliphatic carbocycles. The molecule has 0 radical (unpaired) electrons. The van der Waals surface area contributed by atoms with Crippen molar-refractivity contribution in [2.24, 2.45) is 0 Å². The zero-order valence-corrected chi connectivity index (χ0v) is 6.41. The van der Waals surface area contributed by atoms with Crippen LogP contribution in [0.3, 0.4) is 0 Å². The summed E-state index contributed by atoms with van der Waals surface area (Å²) < 4.78 is 0. The summed E-state index contributed by atoms with van der Waals surface area (Å²) in [6.07, 6.45) is 0.833. The lowest BCUT2D eigenvalue weighted by atomic mass is 10.7. The van der Waals surface area contributed by atoms with Gasteiger partial charge in [-0.2, -0.15) is 0 Å². The van der Waals surface area contributed by atoms with E-state index in [2.05, 4.69) is 6.58 Å². The number of carboxylic acids is 2. The van der Waals surface area contributed by atoms with Gasteiger partial charge in [-0.3, -0.25) is 4.79 Å². The van der Waals surface area contributed by atoms with Gasteiger partial charge in [0.1, 0.15) is 0 Å². The topological polar surface area (TPSA) is 145 Å². The van der Waals surface area contributed by atoms with Crippen molar-refractivity contribution in [3.63, 3.8) is 0 Å². The fourth-order valence-electron chi connectivity index (χ4n) is 0. The smallest absolute Gasteiger partial charge is 0.327 e. The Balaban J connectivity index is -0.0000000383. The molecular weight excluding hydrogens is 152 g/mol. The van der Waals surface area contributed by atoms with Crippen LogP contribution in [0.25, 0.3) is 0 Å². The molecule has 0 spiro atoms. The van der Waals surface area contributed by atoms with Crippen LogP contribution in [0.1, 0.15) is 6.92 Å². The molecule has 0 heterocycles. The first-order valence-corrected chi connectivity index (χ1v) is 2.05. The van der Waals surface area contributed by atoms with Crippen molar-refractivity contribution in [3.05, 3.63) is 12.7 Å². The van der Waals surface area contributed by atoms with Gasteiger partial charge in [0.05, 0.1) is 0 Å². The highest BCUT2D eigenvalue weighted by atomic mass is 16.4. The molecule has 11 heavy (non-hydrogen) atoms. The molecular formula is C5H14N2O4. The molecule has 68 valence electrons. The maximum atomic E-state index is 9.25. The van der Waals surface area contributed by atoms with E-state index in [4.69, 9.17) is 15.0 Å². The molecule has 0 aliphatic heterocycles. The first-order chi connectivity index (χ1) is 4.00. The molecule has 0 aromatic heterocycles. The Kier molecular flexibility index (Phi) is 32.6. The number of carbonyl (C=O) groups is 2. The fourth-order valence-corrected chi connectivity index (χ4v) is 0. The molecule has 0 unspecified atom stereocenters. The third-order valence-corrected chi connectivity index (χ3v) is 0.175. The second-order valence-electron chi connectivity index (χ2n) is 1.06. The Hall–Kier alpha value is -1.40. The number of hydrogen-bond acceptors (Lipinski definition) is 4. The van der Waals surface area contributed by atoms with Crippen LogP contribution in [0.15, 0.2) is 12.7 Å². The van der Waals surface area contributed by atoms with Crippen LogP contribution in [0.5, 0.6) is 0 Å². The summed E-state index contributed by atoms with van der Waals surface area (Å²) in [6, 6.07) is 0. The number of aliphatic carboxylic acids is 2. The zero-order chi connectivity index (χ0) is 7.86. The Bertz CT molecular complexity index is 120. The van der Waals surface area contributed by atoms with E-state index in [1.807, 2.05) is 0 Å². The summed E-state index contributed by atoms with van der Waals surface area (Å²) in [5, 5.41) is 15.0. The van der Waals surface area contributed by atoms with Crippen molar-refractivity contribution >= 4 is 11.9 Å². The monoisotopic (exact) mass is 166 g/mol. The van der Waals surface area contributed by atoms with Crippen LogP contribution in [-0.2, 0) is 9.59 Å². The van der Waals surface area contributed by atoms with Gasteiger partial charge in [0.15, 0.2) is 0 Å². The van der Waals surface area contributed by atoms with Crippen LogP contribution >= 0.6 is 0 Å². The first-order valence-electron chi connectivity index (χ1n) is 2.05. The van der Waals surface area contributed by atoms with Crippen LogP contribution in [0, 0.1) is 0 Å². The number of rotatable bonds is 1. The molecule has 0 aliphatic rings. The van der Waals surface area contributed by atoms with Crippen LogP contribution in [0.4, 0.5) is 0 Å². The van der Waals surface area contributed by atoms with Crippen LogP contribution in [0.2, 0.25) is 0 Å². The van der Waals surface area contributed by atoms with E-state index >= 15 is 0 Å². The zero-order valence-electron chi connectivity index (χ0n) is 6.41. The first kappa shape index (κ1) is 22.6. The van der Waals surface area contributed by atoms with Gasteiger partial charge >= 0.3 is 5.97 Å². The molecule has 6 nitrogen and oxygen atoms in total. The molecule has 0 bridgehead atoms. The normalized spacial score (nSPS) is 5.18. The van der Waals surface area contributed by atoms with Gasteiger partial charge in [0, 0.05) is 13.0 Å². The van der Waals surface area contributed by atoms with E-state index in [1.54, 1.807) is 0 Å². The van der Waals surface area contributed by atoms with Crippen molar-refractivity contribution in [1.82, 2.24) is 12.3 Å². The summed E-state index contributed by atoms with van der Waals surface area (Å²) >= 11 is 0. The highest BCUT2D eigenvalue weighted by molar-refractivity contribution is 5.78. The highest BCUT2D eigenvalue weighted by Gasteiger charge is 1.73. The average Bonchev–Trinajstić information content (AvgIpc) is 1.65. The van der Waals surface area contributed by atoms with E-state index in [-0.39, 0.29) is 12.3 Å². The summed E-state index contributed by atoms with van der Waals surface area (Å²) in [6.45, 7) is 4.04. The number of carboxylic acid groups (broad SMARTS) is 2. The molecule has 0 amide bonds. The Morgan fingerprint density at radius 3 is 1.36 bits per heavy atom. The SMILES string of the molecule is C=CC(=O)O.CC(=O)O.N.N. The lowest BCUT2D eigenvalue weighted by molar-refractivity contribution is -0.134. The molecule has 0 saturated carbocycles. The number of hydrogen-bond donors (Lipinski definition) is 4. The van der Waals surface area contributed by atoms with Crippen molar-refractivity contribution in [2.75, 3.05) is 0 Å². The highest BCUT2D eigenvalue weighted by Crippen LogP contribution is 1.54. The van der Waals surface area contributed by atoms with Gasteiger partial charge in [-0.25, -0.2) is 4.79 Å². The van der Waals surface area contributed by atoms with Gasteiger partial charge in [-0.15, -0.1) is 0 Å². The maximum Gasteiger partial charge on any atom is 0.327 e. The minimum absolute atomic E-state index is 0. The quantitative estimate of drug-likeness (QED) is 0.421. The van der Waals surface area contributed by atoms with Gasteiger partial charge in [0.25, 0.3) is 5.97 Å². The summed E-state index contributed by atoms with van der Waals surface area (Å²) in [7, 11) is 0. The van der Waals surface area contributed by atoms with Crippen molar-refractivity contribution in [2.45, 2.75) is 6.92 Å². The predicted molar refractivity (Wildman–Crippen MR) is 41.2 cm³/mol.